The Labute approximate surface area is 129 Å². The molecule has 0 bridgehead atoms. The van der Waals surface area contributed by atoms with Crippen molar-refractivity contribution in [1.82, 2.24) is 9.88 Å². The van der Waals surface area contributed by atoms with Crippen LogP contribution in [0.2, 0.25) is 0 Å². The summed E-state index contributed by atoms with van der Waals surface area (Å²) in [5.74, 6) is 0.0185. The minimum Gasteiger partial charge on any atom is -0.507 e. The molecule has 0 radical (unpaired) electrons. The Morgan fingerprint density at radius 2 is 1.91 bits per heavy atom. The lowest BCUT2D eigenvalue weighted by atomic mass is 10.1. The van der Waals surface area contributed by atoms with Gasteiger partial charge in [0.1, 0.15) is 17.1 Å². The van der Waals surface area contributed by atoms with Crippen molar-refractivity contribution in [3.63, 3.8) is 0 Å². The van der Waals surface area contributed by atoms with Crippen LogP contribution in [0.15, 0.2) is 24.3 Å². The number of rotatable bonds is 4. The first kappa shape index (κ1) is 14.5. The summed E-state index contributed by atoms with van der Waals surface area (Å²) in [5, 5.41) is 13.2. The zero-order valence-corrected chi connectivity index (χ0v) is 13.0. The van der Waals surface area contributed by atoms with E-state index in [2.05, 4.69) is 5.32 Å². The van der Waals surface area contributed by atoms with Gasteiger partial charge in [-0.2, -0.15) is 0 Å². The van der Waals surface area contributed by atoms with Gasteiger partial charge in [-0.1, -0.05) is 0 Å². The number of aryl methyl sites for hydroxylation is 2. The summed E-state index contributed by atoms with van der Waals surface area (Å²) in [5.41, 5.74) is 3.07. The minimum atomic E-state index is -0.288. The summed E-state index contributed by atoms with van der Waals surface area (Å²) in [6.07, 6.45) is 1.99. The van der Waals surface area contributed by atoms with Crippen molar-refractivity contribution in [1.29, 1.82) is 0 Å². The Morgan fingerprint density at radius 3 is 2.45 bits per heavy atom. The average Bonchev–Trinajstić information content (AvgIpc) is 3.22. The van der Waals surface area contributed by atoms with E-state index in [1.807, 2.05) is 30.5 Å². The molecular formula is C17H20N2O3. The zero-order chi connectivity index (χ0) is 15.9. The number of nitrogens with one attached hydrogen (secondary N) is 1. The molecule has 1 heterocycles. The van der Waals surface area contributed by atoms with Crippen molar-refractivity contribution >= 4 is 5.91 Å². The van der Waals surface area contributed by atoms with Crippen LogP contribution in [0.25, 0.3) is 5.69 Å². The first-order chi connectivity index (χ1) is 10.5. The molecule has 1 aliphatic carbocycles. The molecule has 1 aromatic carbocycles. The smallest absolute Gasteiger partial charge is 0.259 e. The number of methoxy groups -OCH3 is 1. The fourth-order valence-corrected chi connectivity index (χ4v) is 2.67. The maximum absolute atomic E-state index is 12.3. The summed E-state index contributed by atoms with van der Waals surface area (Å²) in [6, 6.07) is 7.62. The highest BCUT2D eigenvalue weighted by Crippen LogP contribution is 2.33. The predicted molar refractivity (Wildman–Crippen MR) is 83.9 cm³/mol. The monoisotopic (exact) mass is 300 g/mol. The molecule has 1 aliphatic rings. The van der Waals surface area contributed by atoms with Crippen molar-refractivity contribution in [2.45, 2.75) is 32.7 Å². The number of aromatic hydroxyl groups is 1. The number of carbonyl (C=O) groups excluding carboxylic acids is 1. The fraction of sp³-hybridized carbons (Fsp3) is 0.353. The van der Waals surface area contributed by atoms with Crippen molar-refractivity contribution in [3.8, 4) is 17.2 Å². The number of amides is 1. The molecule has 3 rings (SSSR count). The molecule has 0 unspecified atom stereocenters. The van der Waals surface area contributed by atoms with Crippen molar-refractivity contribution in [2.24, 2.45) is 0 Å². The van der Waals surface area contributed by atoms with Gasteiger partial charge in [-0.05, 0) is 38.8 Å². The SMILES string of the molecule is COc1cc(-n2c(C)ccc2C)cc(O)c1C(=O)NC1CC1. The van der Waals surface area contributed by atoms with Crippen molar-refractivity contribution in [3.05, 3.63) is 41.2 Å². The third-order valence-electron chi connectivity index (χ3n) is 3.96. The number of benzene rings is 1. The van der Waals surface area contributed by atoms with Gasteiger partial charge < -0.3 is 19.7 Å². The first-order valence-electron chi connectivity index (χ1n) is 7.38. The standard InChI is InChI=1S/C17H20N2O3/c1-10-4-5-11(2)19(10)13-8-14(20)16(15(9-13)22-3)17(21)18-12-6-7-12/h4-5,8-9,12,20H,6-7H2,1-3H3,(H,18,21). The van der Waals surface area contributed by atoms with Gasteiger partial charge in [-0.15, -0.1) is 0 Å². The van der Waals surface area contributed by atoms with Gasteiger partial charge in [0.2, 0.25) is 0 Å². The molecule has 116 valence electrons. The van der Waals surface area contributed by atoms with Crippen LogP contribution >= 0.6 is 0 Å². The lowest BCUT2D eigenvalue weighted by molar-refractivity contribution is 0.0945. The Kier molecular flexibility index (Phi) is 3.56. The number of phenols is 1. The van der Waals surface area contributed by atoms with E-state index < -0.39 is 0 Å². The molecule has 1 aromatic heterocycles. The Balaban J connectivity index is 2.05. The highest BCUT2D eigenvalue weighted by molar-refractivity contribution is 6.00. The number of aromatic nitrogens is 1. The average molecular weight is 300 g/mol. The molecule has 5 heteroatoms. The lowest BCUT2D eigenvalue weighted by Crippen LogP contribution is -2.26. The van der Waals surface area contributed by atoms with E-state index in [-0.39, 0.29) is 23.3 Å². The van der Waals surface area contributed by atoms with Crippen molar-refractivity contribution < 1.29 is 14.6 Å². The molecule has 5 nitrogen and oxygen atoms in total. The summed E-state index contributed by atoms with van der Waals surface area (Å²) < 4.78 is 7.34. The molecule has 0 saturated heterocycles. The van der Waals surface area contributed by atoms with Crippen LogP contribution in [-0.2, 0) is 0 Å². The van der Waals surface area contributed by atoms with E-state index >= 15 is 0 Å². The van der Waals surface area contributed by atoms with Crippen LogP contribution < -0.4 is 10.1 Å². The van der Waals surface area contributed by atoms with Crippen LogP contribution in [0.4, 0.5) is 0 Å². The Morgan fingerprint density at radius 1 is 1.27 bits per heavy atom. The number of nitrogens with zero attached hydrogens (tertiary/aromatic N) is 1. The summed E-state index contributed by atoms with van der Waals surface area (Å²) in [7, 11) is 1.50. The second-order valence-corrected chi connectivity index (χ2v) is 5.74. The van der Waals surface area contributed by atoms with Crippen molar-refractivity contribution in [2.75, 3.05) is 7.11 Å². The molecule has 2 N–H and O–H groups in total. The molecule has 1 fully saturated rings. The van der Waals surface area contributed by atoms with Gasteiger partial charge in [-0.3, -0.25) is 4.79 Å². The largest absolute Gasteiger partial charge is 0.507 e. The molecule has 0 aliphatic heterocycles. The Hall–Kier alpha value is -2.43. The second-order valence-electron chi connectivity index (χ2n) is 5.74. The highest BCUT2D eigenvalue weighted by atomic mass is 16.5. The molecule has 0 spiro atoms. The topological polar surface area (TPSA) is 63.5 Å². The van der Waals surface area contributed by atoms with Crippen LogP contribution in [-0.4, -0.2) is 28.7 Å². The quantitative estimate of drug-likeness (QED) is 0.912. The van der Waals surface area contributed by atoms with Crippen LogP contribution in [0.1, 0.15) is 34.6 Å². The molecule has 22 heavy (non-hydrogen) atoms. The predicted octanol–water partition coefficient (Wildman–Crippen LogP) is 2.70. The fourth-order valence-electron chi connectivity index (χ4n) is 2.67. The van der Waals surface area contributed by atoms with E-state index in [1.165, 1.54) is 7.11 Å². The molecule has 1 saturated carbocycles. The lowest BCUT2D eigenvalue weighted by Gasteiger charge is -2.15. The van der Waals surface area contributed by atoms with E-state index in [0.717, 1.165) is 29.9 Å². The minimum absolute atomic E-state index is 0.0694. The molecule has 2 aromatic rings. The van der Waals surface area contributed by atoms with Gasteiger partial charge in [0.15, 0.2) is 0 Å². The van der Waals surface area contributed by atoms with E-state index in [9.17, 15) is 9.90 Å². The van der Waals surface area contributed by atoms with E-state index in [4.69, 9.17) is 4.74 Å². The van der Waals surface area contributed by atoms with Crippen LogP contribution in [0.5, 0.6) is 11.5 Å². The summed E-state index contributed by atoms with van der Waals surface area (Å²) in [6.45, 7) is 3.98. The number of phenolic OH excluding ortho intramolecular Hbond substituents is 1. The van der Waals surface area contributed by atoms with Gasteiger partial charge in [0, 0.05) is 29.6 Å². The van der Waals surface area contributed by atoms with Crippen LogP contribution in [0.3, 0.4) is 0 Å². The van der Waals surface area contributed by atoms with Gasteiger partial charge in [0.05, 0.1) is 12.8 Å². The van der Waals surface area contributed by atoms with E-state index in [0.29, 0.717) is 5.75 Å². The molecular weight excluding hydrogens is 280 g/mol. The highest BCUT2D eigenvalue weighted by Gasteiger charge is 2.27. The number of ether oxygens (including phenoxy) is 1. The third kappa shape index (κ3) is 2.54. The number of hydrogen-bond acceptors (Lipinski definition) is 3. The molecule has 0 atom stereocenters. The van der Waals surface area contributed by atoms with Gasteiger partial charge in [-0.25, -0.2) is 0 Å². The zero-order valence-electron chi connectivity index (χ0n) is 13.0. The summed E-state index contributed by atoms with van der Waals surface area (Å²) in [4.78, 5) is 12.3. The third-order valence-corrected chi connectivity index (χ3v) is 3.96. The number of carbonyl (C=O) groups is 1. The van der Waals surface area contributed by atoms with Gasteiger partial charge in [0.25, 0.3) is 5.91 Å². The van der Waals surface area contributed by atoms with E-state index in [1.54, 1.807) is 12.1 Å². The maximum Gasteiger partial charge on any atom is 0.259 e. The molecule has 1 amide bonds. The van der Waals surface area contributed by atoms with Gasteiger partial charge >= 0.3 is 0 Å². The Bertz CT molecular complexity index is 710. The summed E-state index contributed by atoms with van der Waals surface area (Å²) >= 11 is 0. The second kappa shape index (κ2) is 5.40. The maximum atomic E-state index is 12.3. The first-order valence-corrected chi connectivity index (χ1v) is 7.38. The normalized spacial score (nSPS) is 14.0. The number of hydrogen-bond donors (Lipinski definition) is 2. The van der Waals surface area contributed by atoms with Crippen LogP contribution in [0, 0.1) is 13.8 Å².